The molecule has 264 valence electrons. The molecule has 54 heavy (non-hydrogen) atoms. The van der Waals surface area contributed by atoms with Crippen molar-refractivity contribution >= 4 is 10.8 Å². The molecule has 0 spiro atoms. The lowest BCUT2D eigenvalue weighted by molar-refractivity contribution is 0.474. The number of rotatable bonds is 3. The third-order valence-electron chi connectivity index (χ3n) is 11.5. The van der Waals surface area contributed by atoms with Crippen LogP contribution in [0.4, 0.5) is 0 Å². The molecule has 8 aromatic rings. The molecule has 2 heteroatoms. The minimum absolute atomic E-state index is 0.159. The fourth-order valence-corrected chi connectivity index (χ4v) is 8.74. The van der Waals surface area contributed by atoms with E-state index in [4.69, 9.17) is 10.2 Å². The van der Waals surface area contributed by atoms with Crippen LogP contribution in [-0.2, 0) is 10.8 Å². The second-order valence-electron chi connectivity index (χ2n) is 14.3. The second-order valence-corrected chi connectivity index (χ2v) is 14.3. The highest BCUT2D eigenvalue weighted by Gasteiger charge is 2.41. The average molecular weight is 701 g/mol. The summed E-state index contributed by atoms with van der Waals surface area (Å²) in [5, 5.41) is 20.1. The molecule has 0 unspecified atom stereocenters. The van der Waals surface area contributed by atoms with Crippen LogP contribution in [0.15, 0.2) is 182 Å². The van der Waals surface area contributed by atoms with E-state index in [-0.39, 0.29) is 22.3 Å². The van der Waals surface area contributed by atoms with Crippen molar-refractivity contribution in [3.63, 3.8) is 0 Å². The quantitative estimate of drug-likeness (QED) is 0.193. The van der Waals surface area contributed by atoms with E-state index in [1.165, 1.54) is 66.8 Å². The van der Waals surface area contributed by atoms with Crippen molar-refractivity contribution in [3.8, 4) is 44.9 Å². The summed E-state index contributed by atoms with van der Waals surface area (Å²) in [6.45, 7) is 8.75. The van der Waals surface area contributed by atoms with Crippen LogP contribution in [-0.4, -0.2) is 10.2 Å². The number of fused-ring (bicyclic) bond motifs is 7. The Morgan fingerprint density at radius 2 is 0.630 bits per heavy atom. The lowest BCUT2D eigenvalue weighted by Crippen LogP contribution is -2.22. The normalized spacial score (nSPS) is 13.6. The Labute approximate surface area is 318 Å². The van der Waals surface area contributed by atoms with Gasteiger partial charge in [0.1, 0.15) is 11.5 Å². The van der Waals surface area contributed by atoms with E-state index in [9.17, 15) is 0 Å². The van der Waals surface area contributed by atoms with Gasteiger partial charge >= 0.3 is 0 Å². The lowest BCUT2D eigenvalue weighted by Gasteiger charge is -2.29. The van der Waals surface area contributed by atoms with Crippen molar-refractivity contribution in [3.05, 3.63) is 215 Å². The van der Waals surface area contributed by atoms with Crippen LogP contribution in [0.25, 0.3) is 44.2 Å². The number of benzene rings is 8. The predicted molar refractivity (Wildman–Crippen MR) is 225 cm³/mol. The van der Waals surface area contributed by atoms with Gasteiger partial charge in [-0.25, -0.2) is 0 Å². The summed E-state index contributed by atoms with van der Waals surface area (Å²) in [5.41, 5.74) is 15.8. The molecule has 0 atom stereocenters. The summed E-state index contributed by atoms with van der Waals surface area (Å²) in [5.74, 6) is 0.432. The Balaban J connectivity index is 0.000000250. The van der Waals surface area contributed by atoms with Gasteiger partial charge in [-0.15, -0.1) is 0 Å². The number of hydrogen-bond acceptors (Lipinski definition) is 2. The van der Waals surface area contributed by atoms with Crippen LogP contribution in [0.5, 0.6) is 11.5 Å². The lowest BCUT2D eigenvalue weighted by atomic mass is 9.73. The van der Waals surface area contributed by atoms with Gasteiger partial charge in [-0.2, -0.15) is 0 Å². The summed E-state index contributed by atoms with van der Waals surface area (Å²) >= 11 is 0. The molecule has 0 amide bonds. The van der Waals surface area contributed by atoms with Gasteiger partial charge in [0.2, 0.25) is 0 Å². The molecule has 0 fully saturated rings. The number of phenols is 2. The molecule has 2 nitrogen and oxygen atoms in total. The zero-order valence-corrected chi connectivity index (χ0v) is 31.2. The smallest absolute Gasteiger partial charge is 0.116 e. The Bertz CT molecular complexity index is 2340. The molecule has 0 aliphatic heterocycles. The van der Waals surface area contributed by atoms with Crippen molar-refractivity contribution < 1.29 is 10.2 Å². The first-order valence-corrected chi connectivity index (χ1v) is 18.9. The minimum Gasteiger partial charge on any atom is -0.508 e. The molecule has 0 bridgehead atoms. The van der Waals surface area contributed by atoms with E-state index >= 15 is 0 Å². The van der Waals surface area contributed by atoms with E-state index in [1.807, 2.05) is 26.0 Å². The highest BCUT2D eigenvalue weighted by molar-refractivity contribution is 5.86. The van der Waals surface area contributed by atoms with Crippen molar-refractivity contribution in [2.45, 2.75) is 38.5 Å². The minimum atomic E-state index is -0.159. The van der Waals surface area contributed by atoms with E-state index < -0.39 is 0 Å². The van der Waals surface area contributed by atoms with Crippen LogP contribution in [0, 0.1) is 0 Å². The second kappa shape index (κ2) is 13.9. The molecule has 2 N–H and O–H groups in total. The van der Waals surface area contributed by atoms with Crippen LogP contribution >= 0.6 is 0 Å². The molecule has 2 aliphatic carbocycles. The van der Waals surface area contributed by atoms with Crippen LogP contribution in [0.2, 0.25) is 0 Å². The van der Waals surface area contributed by atoms with E-state index in [2.05, 4.69) is 159 Å². The number of hydrogen-bond donors (Lipinski definition) is 2. The van der Waals surface area contributed by atoms with Gasteiger partial charge in [0.05, 0.1) is 0 Å². The molecule has 0 saturated carbocycles. The molecule has 0 saturated heterocycles. The first kappa shape index (κ1) is 34.7. The number of phenolic OH excluding ortho intramolecular Hbond substituents is 2. The zero-order chi connectivity index (χ0) is 37.5. The summed E-state index contributed by atoms with van der Waals surface area (Å²) in [6, 6.07) is 64.1. The fraction of sp³-hybridized carbons (Fsp3) is 0.115. The molecular formula is C52H44O2. The van der Waals surface area contributed by atoms with Crippen molar-refractivity contribution in [1.82, 2.24) is 0 Å². The average Bonchev–Trinajstić information content (AvgIpc) is 3.65. The molecule has 0 radical (unpaired) electrons. The monoisotopic (exact) mass is 700 g/mol. The Hall–Kier alpha value is -6.38. The zero-order valence-electron chi connectivity index (χ0n) is 31.2. The first-order chi connectivity index (χ1) is 26.4. The van der Waals surface area contributed by atoms with Crippen LogP contribution < -0.4 is 0 Å². The molecule has 0 aromatic heterocycles. The summed E-state index contributed by atoms with van der Waals surface area (Å²) in [4.78, 5) is 0. The molecule has 10 rings (SSSR count). The van der Waals surface area contributed by atoms with E-state index in [1.54, 1.807) is 24.3 Å². The van der Waals surface area contributed by atoms with Crippen molar-refractivity contribution in [2.75, 3.05) is 0 Å². The maximum Gasteiger partial charge on any atom is 0.116 e. The molecule has 0 heterocycles. The predicted octanol–water partition coefficient (Wildman–Crippen LogP) is 13.3. The summed E-state index contributed by atoms with van der Waals surface area (Å²) in [6.07, 6.45) is 0. The SMILES string of the molecule is CC.CC1(c2ccc(-c3ccc(C4(C)c5ccccc5-c5ccccc54)cc3)cc2)c2ccccc2-c2ccccc21.Oc1ccc2ccc(O)cc2c1. The standard InChI is InChI=1S/C40H30.C10H8O2.C2H6/c1-39(35-15-7-3-11-31(35)32-12-4-8-16-36(32)39)29-23-19-27(20-24-29)28-21-25-30(26-22-28)40(2)37-17-9-5-13-33(37)34-14-6-10-18-38(34)40;11-9-3-1-7-2-4-10(12)6-8(7)5-9;1-2/h3-26H,1-2H3;1-6,11-12H;1-2H3. The van der Waals surface area contributed by atoms with Crippen LogP contribution in [0.3, 0.4) is 0 Å². The highest BCUT2D eigenvalue weighted by atomic mass is 16.3. The van der Waals surface area contributed by atoms with E-state index in [0.29, 0.717) is 0 Å². The summed E-state index contributed by atoms with van der Waals surface area (Å²) in [7, 11) is 0. The largest absolute Gasteiger partial charge is 0.508 e. The fourth-order valence-electron chi connectivity index (χ4n) is 8.74. The Morgan fingerprint density at radius 1 is 0.333 bits per heavy atom. The van der Waals surface area contributed by atoms with Gasteiger partial charge in [0.25, 0.3) is 0 Å². The molecule has 8 aromatic carbocycles. The van der Waals surface area contributed by atoms with Crippen molar-refractivity contribution in [1.29, 1.82) is 0 Å². The maximum atomic E-state index is 9.14. The third kappa shape index (κ3) is 5.58. The van der Waals surface area contributed by atoms with Gasteiger partial charge in [-0.1, -0.05) is 172 Å². The molecular weight excluding hydrogens is 657 g/mol. The maximum absolute atomic E-state index is 9.14. The van der Waals surface area contributed by atoms with Gasteiger partial charge in [0.15, 0.2) is 0 Å². The van der Waals surface area contributed by atoms with Gasteiger partial charge in [-0.05, 0) is 116 Å². The summed E-state index contributed by atoms with van der Waals surface area (Å²) < 4.78 is 0. The Morgan fingerprint density at radius 3 is 0.944 bits per heavy atom. The van der Waals surface area contributed by atoms with E-state index in [0.717, 1.165) is 10.8 Å². The van der Waals surface area contributed by atoms with Gasteiger partial charge in [0, 0.05) is 10.8 Å². The Kier molecular flexibility index (Phi) is 8.91. The highest BCUT2D eigenvalue weighted by Crippen LogP contribution is 2.53. The van der Waals surface area contributed by atoms with Crippen LogP contribution in [0.1, 0.15) is 61.1 Å². The topological polar surface area (TPSA) is 40.5 Å². The van der Waals surface area contributed by atoms with Gasteiger partial charge < -0.3 is 10.2 Å². The third-order valence-corrected chi connectivity index (χ3v) is 11.5. The van der Waals surface area contributed by atoms with Crippen molar-refractivity contribution in [2.24, 2.45) is 0 Å². The van der Waals surface area contributed by atoms with Gasteiger partial charge in [-0.3, -0.25) is 0 Å². The molecule has 2 aliphatic rings. The number of aromatic hydroxyl groups is 2. The first-order valence-electron chi connectivity index (χ1n) is 18.9.